The smallest absolute Gasteiger partial charge is 0.346 e. The van der Waals surface area contributed by atoms with Gasteiger partial charge < -0.3 is 53.1 Å². The number of anilines is 1. The number of hydrogen-bond acceptors (Lipinski definition) is 16. The zero-order valence-electron chi connectivity index (χ0n) is 73.7. The van der Waals surface area contributed by atoms with Gasteiger partial charge in [0.2, 0.25) is 11.5 Å². The highest BCUT2D eigenvalue weighted by Gasteiger charge is 2.54. The van der Waals surface area contributed by atoms with Crippen LogP contribution in [0, 0.1) is 0 Å². The van der Waals surface area contributed by atoms with Crippen LogP contribution in [-0.4, -0.2) is 102 Å². The van der Waals surface area contributed by atoms with Crippen LogP contribution in [0.4, 0.5) is 5.82 Å². The Bertz CT molecular complexity index is 3730. The maximum absolute atomic E-state index is 14.8. The lowest BCUT2D eigenvalue weighted by Gasteiger charge is -2.38. The van der Waals surface area contributed by atoms with E-state index in [1.165, 1.54) is 263 Å². The summed E-state index contributed by atoms with van der Waals surface area (Å²) in [5.41, 5.74) is 1.77. The van der Waals surface area contributed by atoms with Crippen LogP contribution >= 0.6 is 0 Å². The molecule has 2 N–H and O–H groups in total. The average Bonchev–Trinajstić information content (AvgIpc) is 1.73. The van der Waals surface area contributed by atoms with Crippen LogP contribution in [0.3, 0.4) is 0 Å². The summed E-state index contributed by atoms with van der Waals surface area (Å²) in [4.78, 5) is 56.6. The lowest BCUT2D eigenvalue weighted by Crippen LogP contribution is -2.47. The van der Waals surface area contributed by atoms with Crippen molar-refractivity contribution in [2.75, 3.05) is 52.6 Å². The maximum Gasteiger partial charge on any atom is 0.346 e. The zero-order valence-corrected chi connectivity index (χ0v) is 73.7. The topological polar surface area (TPSA) is 210 Å². The van der Waals surface area contributed by atoms with Crippen LogP contribution in [0.5, 0.6) is 28.7 Å². The van der Waals surface area contributed by atoms with Crippen molar-refractivity contribution in [3.05, 3.63) is 162 Å². The molecule has 1 fully saturated rings. The van der Waals surface area contributed by atoms with Crippen LogP contribution in [0.1, 0.15) is 379 Å². The number of ether oxygens (including phenoxy) is 9. The standard InChI is InChI=1S/C101H149N5O13/c1-6-9-12-15-18-21-24-27-30-33-36-39-42-45-48-57-72-113-89-75-83(76-90(114-73-58-49-46-43-40-37-34-31-28-25-22-19-16-13-10-7-2)95(89)115-74-59-50-47-44-41-38-35-32-29-26-23-20-17-14-11-8-3)99(109)116-79-93(107)119-100(110)77-92(106-81-104-94-96(102-80-103-97(94)106)105-98(108)82-60-53-51-54-61-82)118-91(100)78-117-101(84-62-55-52-56-63-84,85-64-68-87(111-4)69-65-85)86-66-70-88(112-5)71-67-86/h51-56,60-71,75-76,80-81,91-92,110H,6-50,57-59,72-74,77-79H2,1-5H3,(H,102,103,105,108)/t91-,92-,100-/m1/s1. The third-order valence-electron chi connectivity index (χ3n) is 23.5. The Morgan fingerprint density at radius 2 is 0.840 bits per heavy atom. The predicted molar refractivity (Wildman–Crippen MR) is 479 cm³/mol. The van der Waals surface area contributed by atoms with Gasteiger partial charge in [0.1, 0.15) is 35.8 Å². The monoisotopic (exact) mass is 1640 g/mol. The van der Waals surface area contributed by atoms with Crippen molar-refractivity contribution < 1.29 is 62.1 Å². The second-order valence-electron chi connectivity index (χ2n) is 33.1. The number of carbonyl (C=O) groups excluding carboxylic acids is 3. The molecule has 18 heteroatoms. The van der Waals surface area contributed by atoms with Gasteiger partial charge in [0, 0.05) is 5.56 Å². The van der Waals surface area contributed by atoms with Gasteiger partial charge in [0.15, 0.2) is 35.1 Å². The highest BCUT2D eigenvalue weighted by Crippen LogP contribution is 2.46. The molecule has 7 aromatic rings. The van der Waals surface area contributed by atoms with Crippen molar-refractivity contribution in [3.63, 3.8) is 0 Å². The molecule has 1 amide bonds. The summed E-state index contributed by atoms with van der Waals surface area (Å²) in [6, 6.07) is 36.7. The fraction of sp³-hybridized carbons (Fsp3) is 0.624. The SMILES string of the molecule is CCCCCCCCCCCCCCCCCCOc1cc(C(=O)OCC(=O)O[C@]2(O)C[C@H](n3cnc4c(NC(=O)c5ccccc5)ncnc43)O[C@@H]2COC(c2ccccc2)(c2ccc(OC)cc2)c2ccc(OC)cc2)cc(OCCCCCCCCCCCCCCCCCC)c1OCCCCCCCCCCCCCCCCCC. The van der Waals surface area contributed by atoms with Gasteiger partial charge in [-0.25, -0.2) is 24.5 Å². The first-order valence-electron chi connectivity index (χ1n) is 46.9. The molecule has 0 radical (unpaired) electrons. The molecule has 0 spiro atoms. The van der Waals surface area contributed by atoms with E-state index < -0.39 is 48.2 Å². The van der Waals surface area contributed by atoms with Gasteiger partial charge in [-0.2, -0.15) is 0 Å². The minimum Gasteiger partial charge on any atom is -0.497 e. The van der Waals surface area contributed by atoms with E-state index >= 15 is 0 Å². The van der Waals surface area contributed by atoms with Crippen molar-refractivity contribution in [1.82, 2.24) is 19.5 Å². The molecule has 1 aliphatic heterocycles. The predicted octanol–water partition coefficient (Wildman–Crippen LogP) is 26.4. The number of nitrogens with one attached hydrogen (secondary N) is 1. The first-order valence-corrected chi connectivity index (χ1v) is 46.9. The summed E-state index contributed by atoms with van der Waals surface area (Å²) in [6.45, 7) is 6.83. The summed E-state index contributed by atoms with van der Waals surface area (Å²) < 4.78 is 59.3. The second kappa shape index (κ2) is 58.0. The average molecular weight is 1640 g/mol. The normalized spacial score (nSPS) is 14.7. The quantitative estimate of drug-likeness (QED) is 0.0157. The molecule has 1 aliphatic rings. The molecule has 8 rings (SSSR count). The fourth-order valence-corrected chi connectivity index (χ4v) is 16.3. The number of esters is 2. The number of benzene rings is 5. The van der Waals surface area contributed by atoms with Crippen molar-refractivity contribution in [3.8, 4) is 28.7 Å². The van der Waals surface area contributed by atoms with Gasteiger partial charge in [-0.3, -0.25) is 9.36 Å². The van der Waals surface area contributed by atoms with Crippen LogP contribution < -0.4 is 29.0 Å². The molecule has 0 unspecified atom stereocenters. The Morgan fingerprint density at radius 3 is 1.24 bits per heavy atom. The second-order valence-corrected chi connectivity index (χ2v) is 33.1. The molecule has 2 aromatic heterocycles. The van der Waals surface area contributed by atoms with Crippen molar-refractivity contribution >= 4 is 34.8 Å². The molecule has 119 heavy (non-hydrogen) atoms. The van der Waals surface area contributed by atoms with E-state index in [1.807, 2.05) is 84.9 Å². The van der Waals surface area contributed by atoms with Gasteiger partial charge in [0.25, 0.3) is 5.91 Å². The number of carbonyl (C=O) groups is 3. The molecule has 18 nitrogen and oxygen atoms in total. The summed E-state index contributed by atoms with van der Waals surface area (Å²) in [6.07, 6.45) is 60.4. The highest BCUT2D eigenvalue weighted by molar-refractivity contribution is 6.06. The van der Waals surface area contributed by atoms with Gasteiger partial charge >= 0.3 is 11.9 Å². The number of aromatic nitrogens is 4. The van der Waals surface area contributed by atoms with E-state index in [0.29, 0.717) is 65.3 Å². The third-order valence-corrected chi connectivity index (χ3v) is 23.5. The van der Waals surface area contributed by atoms with E-state index in [0.717, 1.165) is 63.4 Å². The first kappa shape index (κ1) is 96.4. The molecule has 1 saturated heterocycles. The highest BCUT2D eigenvalue weighted by atomic mass is 16.7. The van der Waals surface area contributed by atoms with Gasteiger partial charge in [0.05, 0.1) is 59.0 Å². The first-order chi connectivity index (χ1) is 58.5. The van der Waals surface area contributed by atoms with Gasteiger partial charge in [-0.15, -0.1) is 0 Å². The number of hydrogen-bond donors (Lipinski definition) is 2. The molecular formula is C101H149N5O13. The van der Waals surface area contributed by atoms with E-state index in [-0.39, 0.29) is 35.6 Å². The Morgan fingerprint density at radius 1 is 0.462 bits per heavy atom. The molecule has 0 bridgehead atoms. The lowest BCUT2D eigenvalue weighted by atomic mass is 9.80. The number of methoxy groups -OCH3 is 2. The largest absolute Gasteiger partial charge is 0.497 e. The Labute approximate surface area is 714 Å². The number of aliphatic hydroxyl groups is 1. The maximum atomic E-state index is 14.8. The van der Waals surface area contributed by atoms with E-state index in [1.54, 1.807) is 55.2 Å². The van der Waals surface area contributed by atoms with Crippen LogP contribution in [0.15, 0.2) is 134 Å². The summed E-state index contributed by atoms with van der Waals surface area (Å²) in [7, 11) is 3.21. The molecule has 0 saturated carbocycles. The van der Waals surface area contributed by atoms with Gasteiger partial charge in [-0.05, 0) is 84.5 Å². The Balaban J connectivity index is 0.988. The molecule has 3 heterocycles. The lowest BCUT2D eigenvalue weighted by molar-refractivity contribution is -0.239. The number of imidazole rings is 1. The van der Waals surface area contributed by atoms with E-state index in [2.05, 4.69) is 41.0 Å². The Kier molecular flexibility index (Phi) is 47.0. The number of unbranched alkanes of at least 4 members (excludes halogenated alkanes) is 45. The van der Waals surface area contributed by atoms with Crippen molar-refractivity contribution in [1.29, 1.82) is 0 Å². The molecule has 5 aromatic carbocycles. The third kappa shape index (κ3) is 34.4. The molecule has 3 atom stereocenters. The zero-order chi connectivity index (χ0) is 83.9. The molecule has 0 aliphatic carbocycles. The molecular weight excluding hydrogens is 1490 g/mol. The van der Waals surface area contributed by atoms with E-state index in [4.69, 9.17) is 42.6 Å². The number of nitrogens with zero attached hydrogens (tertiary/aromatic N) is 4. The summed E-state index contributed by atoms with van der Waals surface area (Å²) in [5, 5.41) is 16.1. The van der Waals surface area contributed by atoms with Crippen LogP contribution in [0.2, 0.25) is 0 Å². The number of amides is 1. The van der Waals surface area contributed by atoms with Crippen LogP contribution in [-0.2, 0) is 29.3 Å². The van der Waals surface area contributed by atoms with Gasteiger partial charge in [-0.1, -0.05) is 383 Å². The summed E-state index contributed by atoms with van der Waals surface area (Å²) >= 11 is 0. The minimum absolute atomic E-state index is 0.105. The van der Waals surface area contributed by atoms with Crippen molar-refractivity contribution in [2.24, 2.45) is 0 Å². The minimum atomic E-state index is -2.45. The number of fused-ring (bicyclic) bond motifs is 1. The summed E-state index contributed by atoms with van der Waals surface area (Å²) in [5.74, 6) is -2.12. The van der Waals surface area contributed by atoms with Crippen molar-refractivity contribution in [2.45, 2.75) is 359 Å². The van der Waals surface area contributed by atoms with E-state index in [9.17, 15) is 19.5 Å². The Hall–Kier alpha value is -8.06. The number of rotatable bonds is 69. The molecule has 656 valence electrons. The van der Waals surface area contributed by atoms with Crippen LogP contribution in [0.25, 0.3) is 11.2 Å². The fourth-order valence-electron chi connectivity index (χ4n) is 16.3.